The SMILES string of the molecule is CCOc1ccccc1N1CSC2=C(C#N)C(c3ccccc3OC)CC(=O)N2C1. The number of carbonyl (C=O) groups excluding carboxylic acids is 1. The van der Waals surface area contributed by atoms with Gasteiger partial charge in [0.2, 0.25) is 5.91 Å². The predicted octanol–water partition coefficient (Wildman–Crippen LogP) is 4.31. The van der Waals surface area contributed by atoms with Gasteiger partial charge in [-0.1, -0.05) is 42.1 Å². The van der Waals surface area contributed by atoms with Crippen molar-refractivity contribution in [3.63, 3.8) is 0 Å². The van der Waals surface area contributed by atoms with Crippen LogP contribution in [0.15, 0.2) is 59.1 Å². The number of benzene rings is 2. The summed E-state index contributed by atoms with van der Waals surface area (Å²) in [6.45, 7) is 2.92. The summed E-state index contributed by atoms with van der Waals surface area (Å²) >= 11 is 1.52. The van der Waals surface area contributed by atoms with Gasteiger partial charge in [-0.3, -0.25) is 9.69 Å². The lowest BCUT2D eigenvalue weighted by Gasteiger charge is -2.42. The standard InChI is InChI=1S/C23H23N3O3S/c1-3-29-21-11-7-5-9-19(21)25-14-26-22(27)12-17(18(13-24)23(26)30-15-25)16-8-4-6-10-20(16)28-2/h4-11,17H,3,12,14-15H2,1-2H3. The van der Waals surface area contributed by atoms with Gasteiger partial charge in [-0.25, -0.2) is 0 Å². The van der Waals surface area contributed by atoms with Crippen LogP contribution in [0.2, 0.25) is 0 Å². The van der Waals surface area contributed by atoms with E-state index in [-0.39, 0.29) is 18.2 Å². The van der Waals surface area contributed by atoms with Gasteiger partial charge in [0, 0.05) is 17.9 Å². The van der Waals surface area contributed by atoms with E-state index in [2.05, 4.69) is 11.0 Å². The molecule has 1 fully saturated rings. The van der Waals surface area contributed by atoms with Crippen LogP contribution in [-0.4, -0.2) is 37.1 Å². The number of amides is 1. The van der Waals surface area contributed by atoms with E-state index in [4.69, 9.17) is 9.47 Å². The third-order valence-electron chi connectivity index (χ3n) is 5.31. The third-order valence-corrected chi connectivity index (χ3v) is 6.47. The minimum atomic E-state index is -0.292. The molecule has 0 spiro atoms. The van der Waals surface area contributed by atoms with Gasteiger partial charge < -0.3 is 14.4 Å². The predicted molar refractivity (Wildman–Crippen MR) is 117 cm³/mol. The van der Waals surface area contributed by atoms with Crippen molar-refractivity contribution in [3.05, 3.63) is 64.7 Å². The monoisotopic (exact) mass is 421 g/mol. The Bertz CT molecular complexity index is 1030. The molecule has 0 N–H and O–H groups in total. The lowest BCUT2D eigenvalue weighted by molar-refractivity contribution is -0.129. The average Bonchev–Trinajstić information content (AvgIpc) is 2.79. The van der Waals surface area contributed by atoms with E-state index in [0.717, 1.165) is 22.0 Å². The Kier molecular flexibility index (Phi) is 5.86. The molecule has 2 heterocycles. The highest BCUT2D eigenvalue weighted by Crippen LogP contribution is 2.45. The van der Waals surface area contributed by atoms with Gasteiger partial charge >= 0.3 is 0 Å². The van der Waals surface area contributed by atoms with Crippen molar-refractivity contribution >= 4 is 23.4 Å². The second-order valence-electron chi connectivity index (χ2n) is 7.01. The highest BCUT2D eigenvalue weighted by molar-refractivity contribution is 8.03. The first-order valence-corrected chi connectivity index (χ1v) is 10.8. The summed E-state index contributed by atoms with van der Waals surface area (Å²) in [5.74, 6) is 1.84. The second kappa shape index (κ2) is 8.72. The van der Waals surface area contributed by atoms with Gasteiger partial charge in [0.1, 0.15) is 11.5 Å². The number of hydrogen-bond donors (Lipinski definition) is 0. The number of fused-ring (bicyclic) bond motifs is 1. The van der Waals surface area contributed by atoms with E-state index in [0.29, 0.717) is 30.5 Å². The summed E-state index contributed by atoms with van der Waals surface area (Å²) in [6.07, 6.45) is 0.244. The molecule has 0 aliphatic carbocycles. The van der Waals surface area contributed by atoms with Crippen LogP contribution in [0.25, 0.3) is 0 Å². The molecular weight excluding hydrogens is 398 g/mol. The summed E-state index contributed by atoms with van der Waals surface area (Å²) in [4.78, 5) is 17.0. The van der Waals surface area contributed by atoms with Gasteiger partial charge in [-0.15, -0.1) is 0 Å². The number of ether oxygens (including phenoxy) is 2. The zero-order valence-corrected chi connectivity index (χ0v) is 17.8. The third kappa shape index (κ3) is 3.59. The van der Waals surface area contributed by atoms with E-state index in [9.17, 15) is 10.1 Å². The van der Waals surface area contributed by atoms with E-state index in [1.807, 2.05) is 55.5 Å². The largest absolute Gasteiger partial charge is 0.496 e. The highest BCUT2D eigenvalue weighted by atomic mass is 32.2. The van der Waals surface area contributed by atoms with Gasteiger partial charge in [-0.2, -0.15) is 5.26 Å². The molecule has 2 aliphatic rings. The fraction of sp³-hybridized carbons (Fsp3) is 0.304. The first kappa shape index (κ1) is 20.2. The summed E-state index contributed by atoms with van der Waals surface area (Å²) in [5, 5.41) is 10.7. The minimum absolute atomic E-state index is 0.00555. The number of nitriles is 1. The number of allylic oxidation sites excluding steroid dienone is 1. The molecule has 7 heteroatoms. The Morgan fingerprint density at radius 3 is 2.63 bits per heavy atom. The molecule has 30 heavy (non-hydrogen) atoms. The van der Waals surface area contributed by atoms with Gasteiger partial charge in [0.25, 0.3) is 0 Å². The van der Waals surface area contributed by atoms with Crippen LogP contribution in [-0.2, 0) is 4.79 Å². The van der Waals surface area contributed by atoms with Crippen molar-refractivity contribution in [2.24, 2.45) is 0 Å². The number of nitrogens with zero attached hydrogens (tertiary/aromatic N) is 3. The Morgan fingerprint density at radius 1 is 1.17 bits per heavy atom. The first-order chi connectivity index (χ1) is 14.7. The lowest BCUT2D eigenvalue weighted by atomic mass is 9.86. The molecule has 1 unspecified atom stereocenters. The normalized spacial score (nSPS) is 18.7. The number of carbonyl (C=O) groups is 1. The van der Waals surface area contributed by atoms with E-state index < -0.39 is 0 Å². The number of para-hydroxylation sites is 3. The Morgan fingerprint density at radius 2 is 1.90 bits per heavy atom. The quantitative estimate of drug-likeness (QED) is 0.717. The van der Waals surface area contributed by atoms with Crippen LogP contribution < -0.4 is 14.4 Å². The van der Waals surface area contributed by atoms with Crippen molar-refractivity contribution in [2.75, 3.05) is 31.2 Å². The smallest absolute Gasteiger partial charge is 0.229 e. The van der Waals surface area contributed by atoms with Crippen LogP contribution in [0.4, 0.5) is 5.69 Å². The lowest BCUT2D eigenvalue weighted by Crippen LogP contribution is -2.47. The molecule has 0 bridgehead atoms. The summed E-state index contributed by atoms with van der Waals surface area (Å²) in [5.41, 5.74) is 2.45. The number of hydrogen-bond acceptors (Lipinski definition) is 6. The van der Waals surface area contributed by atoms with Crippen molar-refractivity contribution in [2.45, 2.75) is 19.3 Å². The maximum absolute atomic E-state index is 13.1. The molecule has 1 amide bonds. The number of rotatable bonds is 5. The van der Waals surface area contributed by atoms with Crippen LogP contribution in [0.3, 0.4) is 0 Å². The maximum atomic E-state index is 13.1. The van der Waals surface area contributed by atoms with Crippen LogP contribution in [0.1, 0.15) is 24.8 Å². The van der Waals surface area contributed by atoms with E-state index >= 15 is 0 Å². The zero-order valence-electron chi connectivity index (χ0n) is 17.0. The molecule has 6 nitrogen and oxygen atoms in total. The van der Waals surface area contributed by atoms with E-state index in [1.54, 1.807) is 12.0 Å². The second-order valence-corrected chi connectivity index (χ2v) is 7.94. The van der Waals surface area contributed by atoms with Crippen molar-refractivity contribution in [1.29, 1.82) is 5.26 Å². The Labute approximate surface area is 180 Å². The number of methoxy groups -OCH3 is 1. The number of thioether (sulfide) groups is 1. The van der Waals surface area contributed by atoms with Crippen LogP contribution in [0.5, 0.6) is 11.5 Å². The molecule has 0 aromatic heterocycles. The maximum Gasteiger partial charge on any atom is 0.229 e. The van der Waals surface area contributed by atoms with Gasteiger partial charge in [0.15, 0.2) is 0 Å². The molecule has 1 saturated heterocycles. The fourth-order valence-corrected chi connectivity index (χ4v) is 5.09. The fourth-order valence-electron chi connectivity index (χ4n) is 3.93. The first-order valence-electron chi connectivity index (χ1n) is 9.85. The Hall–Kier alpha value is -3.11. The molecule has 2 aromatic carbocycles. The van der Waals surface area contributed by atoms with E-state index in [1.165, 1.54) is 11.8 Å². The van der Waals surface area contributed by atoms with Crippen LogP contribution in [0, 0.1) is 11.3 Å². The molecule has 0 saturated carbocycles. The molecule has 2 aromatic rings. The summed E-state index contributed by atoms with van der Waals surface area (Å²) in [6, 6.07) is 17.8. The average molecular weight is 422 g/mol. The molecule has 4 rings (SSSR count). The van der Waals surface area contributed by atoms with Crippen LogP contribution >= 0.6 is 11.8 Å². The topological polar surface area (TPSA) is 65.8 Å². The molecule has 154 valence electrons. The number of anilines is 1. The Balaban J connectivity index is 1.68. The van der Waals surface area contributed by atoms with Gasteiger partial charge in [-0.05, 0) is 25.1 Å². The zero-order chi connectivity index (χ0) is 21.1. The molecular formula is C23H23N3O3S. The summed E-state index contributed by atoms with van der Waals surface area (Å²) < 4.78 is 11.3. The van der Waals surface area contributed by atoms with Crippen molar-refractivity contribution in [1.82, 2.24) is 4.90 Å². The van der Waals surface area contributed by atoms with Crippen molar-refractivity contribution < 1.29 is 14.3 Å². The molecule has 1 atom stereocenters. The van der Waals surface area contributed by atoms with Crippen molar-refractivity contribution in [3.8, 4) is 17.6 Å². The molecule has 0 radical (unpaired) electrons. The van der Waals surface area contributed by atoms with Gasteiger partial charge in [0.05, 0.1) is 48.6 Å². The summed E-state index contributed by atoms with van der Waals surface area (Å²) in [7, 11) is 1.61. The highest BCUT2D eigenvalue weighted by Gasteiger charge is 2.39. The molecule has 2 aliphatic heterocycles. The minimum Gasteiger partial charge on any atom is -0.496 e.